The standard InChI is InChI=1S/C17H25N3O/c1-11(2)14-8-7-12(3)9-16(14)21-17-15(10-18-5)13(4)19-20(17)6/h7-9,11,18H,10H2,1-6H3. The van der Waals surface area contributed by atoms with Gasteiger partial charge in [0.15, 0.2) is 0 Å². The van der Waals surface area contributed by atoms with Crippen molar-refractivity contribution in [2.24, 2.45) is 7.05 Å². The minimum Gasteiger partial charge on any atom is -0.439 e. The molecule has 0 amide bonds. The summed E-state index contributed by atoms with van der Waals surface area (Å²) in [6.45, 7) is 9.21. The third kappa shape index (κ3) is 3.27. The van der Waals surface area contributed by atoms with Crippen molar-refractivity contribution in [2.45, 2.75) is 40.2 Å². The van der Waals surface area contributed by atoms with Gasteiger partial charge in [-0.3, -0.25) is 0 Å². The molecule has 1 N–H and O–H groups in total. The molecular formula is C17H25N3O. The van der Waals surface area contributed by atoms with Crippen molar-refractivity contribution in [3.05, 3.63) is 40.6 Å². The second-order valence-electron chi connectivity index (χ2n) is 5.82. The zero-order chi connectivity index (χ0) is 15.6. The van der Waals surface area contributed by atoms with Crippen LogP contribution in [-0.4, -0.2) is 16.8 Å². The Bertz CT molecular complexity index is 629. The summed E-state index contributed by atoms with van der Waals surface area (Å²) < 4.78 is 8.06. The van der Waals surface area contributed by atoms with Crippen molar-refractivity contribution in [3.8, 4) is 11.6 Å². The minimum absolute atomic E-state index is 0.419. The maximum Gasteiger partial charge on any atom is 0.222 e. The van der Waals surface area contributed by atoms with Gasteiger partial charge in [0.2, 0.25) is 5.88 Å². The molecule has 0 saturated carbocycles. The summed E-state index contributed by atoms with van der Waals surface area (Å²) in [4.78, 5) is 0. The van der Waals surface area contributed by atoms with Crippen molar-refractivity contribution in [1.82, 2.24) is 15.1 Å². The molecule has 0 aliphatic heterocycles. The zero-order valence-electron chi connectivity index (χ0n) is 13.8. The molecule has 0 unspecified atom stereocenters. The largest absolute Gasteiger partial charge is 0.439 e. The molecule has 0 radical (unpaired) electrons. The van der Waals surface area contributed by atoms with E-state index in [1.807, 2.05) is 25.7 Å². The summed E-state index contributed by atoms with van der Waals surface area (Å²) in [5.74, 6) is 2.15. The average Bonchev–Trinajstić information content (AvgIpc) is 2.66. The van der Waals surface area contributed by atoms with Gasteiger partial charge < -0.3 is 10.1 Å². The molecule has 1 aromatic carbocycles. The lowest BCUT2D eigenvalue weighted by Crippen LogP contribution is -2.07. The van der Waals surface area contributed by atoms with Gasteiger partial charge in [0.25, 0.3) is 0 Å². The van der Waals surface area contributed by atoms with Gasteiger partial charge in [-0.05, 0) is 44.0 Å². The minimum atomic E-state index is 0.419. The van der Waals surface area contributed by atoms with Gasteiger partial charge in [0, 0.05) is 13.6 Å². The Kier molecular flexibility index (Phi) is 4.68. The SMILES string of the molecule is CNCc1c(C)nn(C)c1Oc1cc(C)ccc1C(C)C. The number of hydrogen-bond donors (Lipinski definition) is 1. The van der Waals surface area contributed by atoms with Crippen molar-refractivity contribution in [3.63, 3.8) is 0 Å². The van der Waals surface area contributed by atoms with Gasteiger partial charge in [-0.1, -0.05) is 26.0 Å². The number of benzene rings is 1. The Morgan fingerprint density at radius 1 is 1.29 bits per heavy atom. The first-order chi connectivity index (χ1) is 9.93. The van der Waals surface area contributed by atoms with Crippen LogP contribution >= 0.6 is 0 Å². The molecule has 0 atom stereocenters. The van der Waals surface area contributed by atoms with Gasteiger partial charge >= 0.3 is 0 Å². The molecule has 1 aromatic heterocycles. The Balaban J connectivity index is 2.45. The molecule has 4 heteroatoms. The van der Waals surface area contributed by atoms with E-state index in [-0.39, 0.29) is 0 Å². The van der Waals surface area contributed by atoms with Crippen LogP contribution in [0.15, 0.2) is 18.2 Å². The van der Waals surface area contributed by atoms with Crippen molar-refractivity contribution in [2.75, 3.05) is 7.05 Å². The summed E-state index contributed by atoms with van der Waals surface area (Å²) in [6.07, 6.45) is 0. The van der Waals surface area contributed by atoms with Crippen LogP contribution in [-0.2, 0) is 13.6 Å². The lowest BCUT2D eigenvalue weighted by Gasteiger charge is -2.15. The van der Waals surface area contributed by atoms with E-state index in [9.17, 15) is 0 Å². The molecule has 0 aliphatic rings. The van der Waals surface area contributed by atoms with Crippen LogP contribution in [0.3, 0.4) is 0 Å². The third-order valence-corrected chi connectivity index (χ3v) is 3.64. The molecule has 2 aromatic rings. The van der Waals surface area contributed by atoms with Gasteiger partial charge in [0.05, 0.1) is 11.3 Å². The van der Waals surface area contributed by atoms with E-state index in [1.54, 1.807) is 0 Å². The topological polar surface area (TPSA) is 39.1 Å². The predicted molar refractivity (Wildman–Crippen MR) is 86.1 cm³/mol. The normalized spacial score (nSPS) is 11.2. The molecule has 0 saturated heterocycles. The van der Waals surface area contributed by atoms with Crippen molar-refractivity contribution < 1.29 is 4.74 Å². The van der Waals surface area contributed by atoms with Crippen LogP contribution in [0.1, 0.15) is 42.1 Å². The van der Waals surface area contributed by atoms with E-state index >= 15 is 0 Å². The first-order valence-corrected chi connectivity index (χ1v) is 7.39. The predicted octanol–water partition coefficient (Wildman–Crippen LogP) is 3.67. The second-order valence-corrected chi connectivity index (χ2v) is 5.82. The number of ether oxygens (including phenoxy) is 1. The highest BCUT2D eigenvalue weighted by Gasteiger charge is 2.17. The van der Waals surface area contributed by atoms with E-state index < -0.39 is 0 Å². The first-order valence-electron chi connectivity index (χ1n) is 7.39. The van der Waals surface area contributed by atoms with Gasteiger partial charge in [0.1, 0.15) is 5.75 Å². The second kappa shape index (κ2) is 6.31. The van der Waals surface area contributed by atoms with E-state index in [0.717, 1.165) is 29.4 Å². The van der Waals surface area contributed by atoms with Gasteiger partial charge in [-0.25, -0.2) is 4.68 Å². The molecule has 0 spiro atoms. The zero-order valence-corrected chi connectivity index (χ0v) is 13.8. The first kappa shape index (κ1) is 15.6. The summed E-state index contributed by atoms with van der Waals surface area (Å²) in [5, 5.41) is 7.65. The number of nitrogens with one attached hydrogen (secondary N) is 1. The lowest BCUT2D eigenvalue weighted by molar-refractivity contribution is 0.418. The van der Waals surface area contributed by atoms with Gasteiger partial charge in [-0.15, -0.1) is 0 Å². The van der Waals surface area contributed by atoms with E-state index in [4.69, 9.17) is 4.74 Å². The molecular weight excluding hydrogens is 262 g/mol. The van der Waals surface area contributed by atoms with Crippen LogP contribution in [0, 0.1) is 13.8 Å². The Labute approximate surface area is 127 Å². The Hall–Kier alpha value is -1.81. The van der Waals surface area contributed by atoms with Crippen molar-refractivity contribution >= 4 is 0 Å². The monoisotopic (exact) mass is 287 g/mol. The van der Waals surface area contributed by atoms with Crippen molar-refractivity contribution in [1.29, 1.82) is 0 Å². The fourth-order valence-electron chi connectivity index (χ4n) is 2.50. The molecule has 0 fully saturated rings. The van der Waals surface area contributed by atoms with E-state index in [2.05, 4.69) is 49.4 Å². The quantitative estimate of drug-likeness (QED) is 0.912. The fraction of sp³-hybridized carbons (Fsp3) is 0.471. The van der Waals surface area contributed by atoms with Crippen LogP contribution < -0.4 is 10.1 Å². The number of rotatable bonds is 5. The summed E-state index contributed by atoms with van der Waals surface area (Å²) >= 11 is 0. The lowest BCUT2D eigenvalue weighted by atomic mass is 10.0. The molecule has 0 bridgehead atoms. The average molecular weight is 287 g/mol. The highest BCUT2D eigenvalue weighted by molar-refractivity contribution is 5.43. The van der Waals surface area contributed by atoms with E-state index in [1.165, 1.54) is 11.1 Å². The number of aromatic nitrogens is 2. The maximum absolute atomic E-state index is 6.25. The molecule has 21 heavy (non-hydrogen) atoms. The number of hydrogen-bond acceptors (Lipinski definition) is 3. The summed E-state index contributed by atoms with van der Waals surface area (Å²) in [6, 6.07) is 6.38. The molecule has 114 valence electrons. The Morgan fingerprint density at radius 2 is 2.00 bits per heavy atom. The highest BCUT2D eigenvalue weighted by Crippen LogP contribution is 2.33. The molecule has 0 aliphatic carbocycles. The summed E-state index contributed by atoms with van der Waals surface area (Å²) in [5.41, 5.74) is 4.52. The Morgan fingerprint density at radius 3 is 2.62 bits per heavy atom. The van der Waals surface area contributed by atoms with Crippen LogP contribution in [0.2, 0.25) is 0 Å². The number of nitrogens with zero attached hydrogens (tertiary/aromatic N) is 2. The summed E-state index contributed by atoms with van der Waals surface area (Å²) in [7, 11) is 3.86. The fourth-order valence-corrected chi connectivity index (χ4v) is 2.50. The smallest absolute Gasteiger partial charge is 0.222 e. The third-order valence-electron chi connectivity index (χ3n) is 3.64. The molecule has 1 heterocycles. The number of aryl methyl sites for hydroxylation is 3. The van der Waals surface area contributed by atoms with Gasteiger partial charge in [-0.2, -0.15) is 5.10 Å². The van der Waals surface area contributed by atoms with Crippen LogP contribution in [0.4, 0.5) is 0 Å². The maximum atomic E-state index is 6.25. The van der Waals surface area contributed by atoms with Crippen LogP contribution in [0.25, 0.3) is 0 Å². The highest BCUT2D eigenvalue weighted by atomic mass is 16.5. The van der Waals surface area contributed by atoms with Crippen LogP contribution in [0.5, 0.6) is 11.6 Å². The molecule has 4 nitrogen and oxygen atoms in total. The van der Waals surface area contributed by atoms with E-state index in [0.29, 0.717) is 5.92 Å². The molecule has 2 rings (SSSR count).